The monoisotopic (exact) mass is 241 g/mol. The molecular weight excluding hydrogens is 230 g/mol. The van der Waals surface area contributed by atoms with E-state index >= 15 is 0 Å². The fourth-order valence-corrected chi connectivity index (χ4v) is 1.65. The van der Waals surface area contributed by atoms with E-state index in [9.17, 15) is 4.79 Å². The third-order valence-electron chi connectivity index (χ3n) is 2.52. The second kappa shape index (κ2) is 5.23. The molecule has 0 atom stereocenters. The van der Waals surface area contributed by atoms with Crippen LogP contribution in [-0.4, -0.2) is 19.1 Å². The van der Waals surface area contributed by atoms with Crippen molar-refractivity contribution in [2.45, 2.75) is 6.92 Å². The summed E-state index contributed by atoms with van der Waals surface area (Å²) in [6.07, 6.45) is 0. The van der Waals surface area contributed by atoms with Crippen molar-refractivity contribution < 1.29 is 9.53 Å². The van der Waals surface area contributed by atoms with Crippen molar-refractivity contribution >= 4 is 11.5 Å². The third-order valence-corrected chi connectivity index (χ3v) is 2.52. The van der Waals surface area contributed by atoms with Gasteiger partial charge in [0.15, 0.2) is 5.70 Å². The van der Waals surface area contributed by atoms with Gasteiger partial charge in [-0.3, -0.25) is 0 Å². The summed E-state index contributed by atoms with van der Waals surface area (Å²) in [5.74, 6) is -0.460. The van der Waals surface area contributed by atoms with Gasteiger partial charge in [-0.25, -0.2) is 4.79 Å². The topological polar surface area (TPSA) is 74.8 Å². The van der Waals surface area contributed by atoms with Crippen molar-refractivity contribution in [3.63, 3.8) is 0 Å². The quantitative estimate of drug-likeness (QED) is 0.762. The lowest BCUT2D eigenvalue weighted by Gasteiger charge is -2.04. The summed E-state index contributed by atoms with van der Waals surface area (Å²) in [5.41, 5.74) is 2.39. The Bertz CT molecular complexity index is 565. The van der Waals surface area contributed by atoms with Crippen LogP contribution in [0.5, 0.6) is 0 Å². The maximum atomic E-state index is 11.7. The number of rotatable bonds is 3. The molecular formula is C13H11N3O2. The van der Waals surface area contributed by atoms with Crippen LogP contribution in [-0.2, 0) is 9.53 Å². The maximum Gasteiger partial charge on any atom is 0.359 e. The van der Waals surface area contributed by atoms with Crippen molar-refractivity contribution in [1.29, 1.82) is 5.26 Å². The highest BCUT2D eigenvalue weighted by Gasteiger charge is 2.21. The van der Waals surface area contributed by atoms with E-state index in [4.69, 9.17) is 10.00 Å². The van der Waals surface area contributed by atoms with Gasteiger partial charge in [0.1, 0.15) is 0 Å². The molecule has 1 aliphatic rings. The number of benzene rings is 1. The Morgan fingerprint density at radius 3 is 2.78 bits per heavy atom. The predicted octanol–water partition coefficient (Wildman–Crippen LogP) is 2.30. The number of hydrogen-bond acceptors (Lipinski definition) is 5. The standard InChI is InChI=1S/C13H11N3O2/c1-2-18-13(17)12-11(8-15-16-12)10-5-3-9(7-14)4-6-10/h3-6H,2,8H2,1H3. The van der Waals surface area contributed by atoms with Crippen LogP contribution in [0.2, 0.25) is 0 Å². The fraction of sp³-hybridized carbons (Fsp3) is 0.231. The van der Waals surface area contributed by atoms with Crippen LogP contribution < -0.4 is 0 Å². The lowest BCUT2D eigenvalue weighted by molar-refractivity contribution is -0.138. The molecule has 90 valence electrons. The second-order valence-electron chi connectivity index (χ2n) is 3.64. The molecule has 5 heteroatoms. The van der Waals surface area contributed by atoms with Gasteiger partial charge in [0.2, 0.25) is 0 Å². The van der Waals surface area contributed by atoms with Crippen LogP contribution in [0, 0.1) is 11.3 Å². The molecule has 0 N–H and O–H groups in total. The molecule has 1 aromatic rings. The number of azo groups is 1. The predicted molar refractivity (Wildman–Crippen MR) is 64.4 cm³/mol. The van der Waals surface area contributed by atoms with Gasteiger partial charge in [-0.1, -0.05) is 12.1 Å². The second-order valence-corrected chi connectivity index (χ2v) is 3.64. The molecule has 1 aromatic carbocycles. The maximum absolute atomic E-state index is 11.7. The highest BCUT2D eigenvalue weighted by atomic mass is 16.5. The lowest BCUT2D eigenvalue weighted by Crippen LogP contribution is -2.07. The van der Waals surface area contributed by atoms with E-state index in [0.29, 0.717) is 18.7 Å². The van der Waals surface area contributed by atoms with E-state index in [0.717, 1.165) is 11.1 Å². The molecule has 0 saturated heterocycles. The summed E-state index contributed by atoms with van der Waals surface area (Å²) in [5, 5.41) is 16.4. The van der Waals surface area contributed by atoms with Crippen LogP contribution in [0.1, 0.15) is 18.1 Å². The lowest BCUT2D eigenvalue weighted by atomic mass is 10.0. The van der Waals surface area contributed by atoms with Gasteiger partial charge in [-0.05, 0) is 24.6 Å². The van der Waals surface area contributed by atoms with Crippen LogP contribution in [0.3, 0.4) is 0 Å². The summed E-state index contributed by atoms with van der Waals surface area (Å²) < 4.78 is 4.92. The van der Waals surface area contributed by atoms with Gasteiger partial charge in [0.05, 0.1) is 24.8 Å². The van der Waals surface area contributed by atoms with Crippen molar-refractivity contribution in [2.24, 2.45) is 10.2 Å². The Morgan fingerprint density at radius 2 is 2.17 bits per heavy atom. The van der Waals surface area contributed by atoms with Crippen molar-refractivity contribution in [3.8, 4) is 6.07 Å². The first-order chi connectivity index (χ1) is 8.76. The Morgan fingerprint density at radius 1 is 1.44 bits per heavy atom. The van der Waals surface area contributed by atoms with Gasteiger partial charge in [-0.2, -0.15) is 10.4 Å². The highest BCUT2D eigenvalue weighted by Crippen LogP contribution is 2.26. The molecule has 18 heavy (non-hydrogen) atoms. The van der Waals surface area contributed by atoms with Crippen LogP contribution in [0.25, 0.3) is 5.57 Å². The first-order valence-corrected chi connectivity index (χ1v) is 5.54. The summed E-state index contributed by atoms with van der Waals surface area (Å²) >= 11 is 0. The Balaban J connectivity index is 2.33. The summed E-state index contributed by atoms with van der Waals surface area (Å²) in [6, 6.07) is 9.00. The molecule has 2 rings (SSSR count). The van der Waals surface area contributed by atoms with Crippen molar-refractivity contribution in [3.05, 3.63) is 41.1 Å². The van der Waals surface area contributed by atoms with E-state index in [1.54, 1.807) is 31.2 Å². The number of hydrogen-bond donors (Lipinski definition) is 0. The molecule has 0 saturated carbocycles. The average molecular weight is 241 g/mol. The minimum atomic E-state index is -0.460. The first-order valence-electron chi connectivity index (χ1n) is 5.54. The normalized spacial score (nSPS) is 13.6. The van der Waals surface area contributed by atoms with Gasteiger partial charge < -0.3 is 4.74 Å². The molecule has 0 unspecified atom stereocenters. The van der Waals surface area contributed by atoms with Crippen molar-refractivity contribution in [1.82, 2.24) is 0 Å². The summed E-state index contributed by atoms with van der Waals surface area (Å²) in [4.78, 5) is 11.7. The smallest absolute Gasteiger partial charge is 0.359 e. The SMILES string of the molecule is CCOC(=O)C1=C(c2ccc(C#N)cc2)CN=N1. The molecule has 1 aliphatic heterocycles. The highest BCUT2D eigenvalue weighted by molar-refractivity contribution is 5.98. The number of nitrogens with zero attached hydrogens (tertiary/aromatic N) is 3. The minimum absolute atomic E-state index is 0.251. The average Bonchev–Trinajstić information content (AvgIpc) is 2.88. The van der Waals surface area contributed by atoms with E-state index in [-0.39, 0.29) is 5.70 Å². The first kappa shape index (κ1) is 12.0. The number of ether oxygens (including phenoxy) is 1. The largest absolute Gasteiger partial charge is 0.461 e. The number of esters is 1. The fourth-order valence-electron chi connectivity index (χ4n) is 1.65. The number of carbonyl (C=O) groups is 1. The Kier molecular flexibility index (Phi) is 3.49. The van der Waals surface area contributed by atoms with E-state index in [1.165, 1.54) is 0 Å². The molecule has 0 aromatic heterocycles. The Hall–Kier alpha value is -2.48. The molecule has 0 amide bonds. The molecule has 0 spiro atoms. The molecule has 1 heterocycles. The minimum Gasteiger partial charge on any atom is -0.461 e. The zero-order chi connectivity index (χ0) is 13.0. The number of nitriles is 1. The Labute approximate surface area is 104 Å². The molecule has 0 aliphatic carbocycles. The van der Waals surface area contributed by atoms with Crippen LogP contribution in [0.15, 0.2) is 40.2 Å². The molecule has 0 radical (unpaired) electrons. The van der Waals surface area contributed by atoms with E-state index < -0.39 is 5.97 Å². The number of carbonyl (C=O) groups excluding carboxylic acids is 1. The van der Waals surface area contributed by atoms with Gasteiger partial charge in [0.25, 0.3) is 0 Å². The zero-order valence-corrected chi connectivity index (χ0v) is 9.88. The summed E-state index contributed by atoms with van der Waals surface area (Å²) in [7, 11) is 0. The third kappa shape index (κ3) is 2.28. The van der Waals surface area contributed by atoms with E-state index in [1.807, 2.05) is 6.07 Å². The van der Waals surface area contributed by atoms with Crippen LogP contribution >= 0.6 is 0 Å². The van der Waals surface area contributed by atoms with Crippen LogP contribution in [0.4, 0.5) is 0 Å². The van der Waals surface area contributed by atoms with Gasteiger partial charge in [0, 0.05) is 5.57 Å². The molecule has 0 fully saturated rings. The summed E-state index contributed by atoms with van der Waals surface area (Å²) in [6.45, 7) is 2.41. The molecule has 0 bridgehead atoms. The molecule has 5 nitrogen and oxygen atoms in total. The van der Waals surface area contributed by atoms with Gasteiger partial charge >= 0.3 is 5.97 Å². The zero-order valence-electron chi connectivity index (χ0n) is 9.88. The van der Waals surface area contributed by atoms with E-state index in [2.05, 4.69) is 10.2 Å². The van der Waals surface area contributed by atoms with Gasteiger partial charge in [-0.15, -0.1) is 5.11 Å². The van der Waals surface area contributed by atoms with Crippen molar-refractivity contribution in [2.75, 3.05) is 13.2 Å².